The Hall–Kier alpha value is -3.42. The smallest absolute Gasteiger partial charge is 0.335 e. The van der Waals surface area contributed by atoms with Crippen LogP contribution in [0, 0.1) is 29.3 Å². The van der Waals surface area contributed by atoms with Crippen LogP contribution in [0.4, 0.5) is 13.2 Å². The second-order valence-corrected chi connectivity index (χ2v) is 12.2. The molecule has 0 bridgehead atoms. The number of methoxy groups -OCH3 is 1. The predicted octanol–water partition coefficient (Wildman–Crippen LogP) is 9.19. The minimum absolute atomic E-state index is 0.0500. The third-order valence-electron chi connectivity index (χ3n) is 9.14. The number of aliphatic hydroxyl groups excluding tert-OH is 1. The molecule has 0 saturated heterocycles. The van der Waals surface area contributed by atoms with E-state index in [1.807, 2.05) is 24.3 Å². The van der Waals surface area contributed by atoms with Gasteiger partial charge in [0.1, 0.15) is 17.5 Å². The topological polar surface area (TPSA) is 55.8 Å². The summed E-state index contributed by atoms with van der Waals surface area (Å²) in [4.78, 5) is 11.8. The van der Waals surface area contributed by atoms with E-state index in [1.165, 1.54) is 23.8 Å². The monoisotopic (exact) mass is 622 g/mol. The van der Waals surface area contributed by atoms with E-state index in [9.17, 15) is 13.6 Å². The van der Waals surface area contributed by atoms with Crippen molar-refractivity contribution >= 4 is 5.97 Å². The van der Waals surface area contributed by atoms with Gasteiger partial charge in [0, 0.05) is 19.3 Å². The van der Waals surface area contributed by atoms with Gasteiger partial charge < -0.3 is 14.6 Å². The van der Waals surface area contributed by atoms with Gasteiger partial charge in [-0.3, -0.25) is 0 Å². The van der Waals surface area contributed by atoms with Crippen molar-refractivity contribution in [2.45, 2.75) is 70.6 Å². The van der Waals surface area contributed by atoms with E-state index in [2.05, 4.69) is 13.5 Å². The van der Waals surface area contributed by atoms with Gasteiger partial charge in [-0.05, 0) is 103 Å². The molecule has 1 saturated carbocycles. The molecular weight excluding hydrogens is 577 g/mol. The zero-order valence-corrected chi connectivity index (χ0v) is 26.4. The summed E-state index contributed by atoms with van der Waals surface area (Å²) in [6.07, 6.45) is 8.30. The van der Waals surface area contributed by atoms with Gasteiger partial charge in [0.05, 0.1) is 24.4 Å². The van der Waals surface area contributed by atoms with Crippen LogP contribution in [0.1, 0.15) is 75.3 Å². The Bertz CT molecular complexity index is 1400. The number of hydrogen-bond donors (Lipinski definition) is 1. The second-order valence-electron chi connectivity index (χ2n) is 12.2. The number of ether oxygens (including phenoxy) is 2. The van der Waals surface area contributed by atoms with Crippen LogP contribution in [0.5, 0.6) is 0 Å². The molecular formula is C38H45F3O4. The minimum Gasteiger partial charge on any atom is -0.462 e. The third-order valence-corrected chi connectivity index (χ3v) is 9.14. The van der Waals surface area contributed by atoms with Crippen molar-refractivity contribution in [3.8, 4) is 22.3 Å². The molecule has 4 nitrogen and oxygen atoms in total. The zero-order valence-electron chi connectivity index (χ0n) is 26.4. The predicted molar refractivity (Wildman–Crippen MR) is 172 cm³/mol. The highest BCUT2D eigenvalue weighted by atomic mass is 19.1. The van der Waals surface area contributed by atoms with Crippen LogP contribution in [0.25, 0.3) is 22.3 Å². The number of unbranched alkanes of at least 4 members (excludes halogenated alkanes) is 2. The van der Waals surface area contributed by atoms with Crippen LogP contribution in [0.15, 0.2) is 66.7 Å². The summed E-state index contributed by atoms with van der Waals surface area (Å²) in [5.41, 5.74) is 2.95. The first kappa shape index (κ1) is 34.5. The van der Waals surface area contributed by atoms with Crippen molar-refractivity contribution in [2.75, 3.05) is 26.9 Å². The molecule has 1 unspecified atom stereocenters. The van der Waals surface area contributed by atoms with Crippen molar-refractivity contribution in [3.05, 3.63) is 95.3 Å². The fourth-order valence-corrected chi connectivity index (χ4v) is 6.53. The molecule has 1 aliphatic carbocycles. The molecule has 3 aromatic carbocycles. The van der Waals surface area contributed by atoms with Gasteiger partial charge in [0.2, 0.25) is 0 Å². The quantitative estimate of drug-likeness (QED) is 0.104. The number of carbonyl (C=O) groups excluding carboxylic acids is 1. The normalized spacial score (nSPS) is 17.2. The highest BCUT2D eigenvalue weighted by Crippen LogP contribution is 2.40. The van der Waals surface area contributed by atoms with E-state index in [4.69, 9.17) is 14.6 Å². The van der Waals surface area contributed by atoms with Crippen LogP contribution < -0.4 is 0 Å². The summed E-state index contributed by atoms with van der Waals surface area (Å²) in [5.74, 6) is -1.32. The molecule has 1 fully saturated rings. The number of aliphatic hydroxyl groups is 1. The molecule has 0 aliphatic heterocycles. The number of carbonyl (C=O) groups is 1. The molecule has 0 aromatic heterocycles. The molecule has 0 heterocycles. The summed E-state index contributed by atoms with van der Waals surface area (Å²) < 4.78 is 55.8. The maximum absolute atomic E-state index is 15.3. The SMILES string of the molecule is C=C(CO)C(=O)OCCC(COC)C1CCC(c2ccc(-c3ccc(-c4c(F)cc(CCCCC)cc4F)cc3F)cc2)CC1. The van der Waals surface area contributed by atoms with E-state index < -0.39 is 30.0 Å². The first-order chi connectivity index (χ1) is 21.7. The number of hydrogen-bond acceptors (Lipinski definition) is 4. The number of halogens is 3. The molecule has 0 spiro atoms. The minimum atomic E-state index is -0.672. The first-order valence-corrected chi connectivity index (χ1v) is 16.1. The van der Waals surface area contributed by atoms with Crippen molar-refractivity contribution in [1.29, 1.82) is 0 Å². The fourth-order valence-electron chi connectivity index (χ4n) is 6.53. The maximum atomic E-state index is 15.3. The van der Waals surface area contributed by atoms with E-state index in [1.54, 1.807) is 19.2 Å². The Morgan fingerprint density at radius 1 is 0.933 bits per heavy atom. The van der Waals surface area contributed by atoms with E-state index in [0.717, 1.165) is 44.9 Å². The largest absolute Gasteiger partial charge is 0.462 e. The van der Waals surface area contributed by atoms with Gasteiger partial charge in [0.15, 0.2) is 0 Å². The van der Waals surface area contributed by atoms with Crippen LogP contribution in [0.2, 0.25) is 0 Å². The summed E-state index contributed by atoms with van der Waals surface area (Å²) in [6.45, 7) is 6.02. The number of benzene rings is 3. The summed E-state index contributed by atoms with van der Waals surface area (Å²) >= 11 is 0. The number of esters is 1. The Kier molecular flexibility index (Phi) is 12.8. The van der Waals surface area contributed by atoms with Gasteiger partial charge in [0.25, 0.3) is 0 Å². The van der Waals surface area contributed by atoms with Crippen LogP contribution in [-0.2, 0) is 20.7 Å². The average Bonchev–Trinajstić information content (AvgIpc) is 3.04. The lowest BCUT2D eigenvalue weighted by Gasteiger charge is -2.34. The summed E-state index contributed by atoms with van der Waals surface area (Å²) in [7, 11) is 1.68. The van der Waals surface area contributed by atoms with Crippen molar-refractivity contribution in [1.82, 2.24) is 0 Å². The average molecular weight is 623 g/mol. The number of aryl methyl sites for hydroxylation is 1. The lowest BCUT2D eigenvalue weighted by molar-refractivity contribution is -0.140. The van der Waals surface area contributed by atoms with Gasteiger partial charge >= 0.3 is 5.97 Å². The van der Waals surface area contributed by atoms with E-state index in [-0.39, 0.29) is 29.2 Å². The van der Waals surface area contributed by atoms with Crippen LogP contribution in [-0.4, -0.2) is 38.0 Å². The molecule has 1 aliphatic rings. The molecule has 45 heavy (non-hydrogen) atoms. The Morgan fingerprint density at radius 3 is 2.20 bits per heavy atom. The molecule has 4 rings (SSSR count). The van der Waals surface area contributed by atoms with Crippen molar-refractivity contribution < 1.29 is 32.5 Å². The Balaban J connectivity index is 1.36. The lowest BCUT2D eigenvalue weighted by Crippen LogP contribution is -2.26. The Labute approximate surface area is 265 Å². The van der Waals surface area contributed by atoms with Crippen molar-refractivity contribution in [3.63, 3.8) is 0 Å². The van der Waals surface area contributed by atoms with E-state index in [0.29, 0.717) is 48.0 Å². The highest BCUT2D eigenvalue weighted by Gasteiger charge is 2.29. The second kappa shape index (κ2) is 16.8. The molecule has 0 radical (unpaired) electrons. The van der Waals surface area contributed by atoms with Gasteiger partial charge in [-0.25, -0.2) is 18.0 Å². The highest BCUT2D eigenvalue weighted by molar-refractivity contribution is 5.87. The lowest BCUT2D eigenvalue weighted by atomic mass is 9.73. The molecule has 1 atom stereocenters. The van der Waals surface area contributed by atoms with Gasteiger partial charge in [-0.2, -0.15) is 0 Å². The molecule has 7 heteroatoms. The number of rotatable bonds is 15. The van der Waals surface area contributed by atoms with Gasteiger partial charge in [-0.1, -0.05) is 62.7 Å². The molecule has 3 aromatic rings. The standard InChI is InChI=1S/C38H45F3O4/c1-4-5-6-7-26-20-35(40)37(36(41)21-26)31-16-17-33(34(39)22-31)30-14-12-28(13-15-30)27-8-10-29(11-9-27)32(24-44-3)18-19-45-38(43)25(2)23-42/h12-17,20-22,27,29,32,42H,2,4-11,18-19,23-24H2,1,3H3. The van der Waals surface area contributed by atoms with E-state index >= 15 is 4.39 Å². The molecule has 242 valence electrons. The third kappa shape index (κ3) is 9.08. The zero-order chi connectivity index (χ0) is 32.3. The molecule has 1 N–H and O–H groups in total. The maximum Gasteiger partial charge on any atom is 0.335 e. The van der Waals surface area contributed by atoms with Crippen molar-refractivity contribution in [2.24, 2.45) is 11.8 Å². The van der Waals surface area contributed by atoms with Crippen LogP contribution in [0.3, 0.4) is 0 Å². The van der Waals surface area contributed by atoms with Crippen LogP contribution >= 0.6 is 0 Å². The summed E-state index contributed by atoms with van der Waals surface area (Å²) in [5, 5.41) is 9.04. The first-order valence-electron chi connectivity index (χ1n) is 16.1. The summed E-state index contributed by atoms with van der Waals surface area (Å²) in [6, 6.07) is 15.0. The van der Waals surface area contributed by atoms with Gasteiger partial charge in [-0.15, -0.1) is 0 Å². The fraction of sp³-hybridized carbons (Fsp3) is 0.447. The molecule has 0 amide bonds. The Morgan fingerprint density at radius 2 is 1.60 bits per heavy atom.